The minimum absolute atomic E-state index is 0.0910. The van der Waals surface area contributed by atoms with Crippen LogP contribution in [0.4, 0.5) is 5.69 Å². The molecule has 0 bridgehead atoms. The molecular weight excluding hydrogens is 364 g/mol. The highest BCUT2D eigenvalue weighted by atomic mass is 32.2. The molecule has 1 fully saturated rings. The number of hydrogen-bond donors (Lipinski definition) is 1. The molecule has 0 saturated carbocycles. The summed E-state index contributed by atoms with van der Waals surface area (Å²) in [6.07, 6.45) is 0.615. The number of benzene rings is 2. The minimum atomic E-state index is -2.98. The Morgan fingerprint density at radius 3 is 2.50 bits per heavy atom. The Labute approximate surface area is 161 Å². The molecule has 26 heavy (non-hydrogen) atoms. The lowest BCUT2D eigenvalue weighted by atomic mass is 10.1. The van der Waals surface area contributed by atoms with Crippen LogP contribution in [-0.4, -0.2) is 36.0 Å². The standard InChI is InChI=1S/C20H24N2O2S2/c1-15-8-9-18(12-16(15)2)21-20(25)22(13-17-6-4-3-5-7-17)19-10-11-26(23,24)14-19/h3-9,12,19H,10-11,13-14H2,1-2H3,(H,21,25)/t19-/m1/s1. The molecule has 3 rings (SSSR count). The van der Waals surface area contributed by atoms with Crippen LogP contribution in [0.2, 0.25) is 0 Å². The smallest absolute Gasteiger partial charge is 0.174 e. The molecule has 0 aromatic heterocycles. The highest BCUT2D eigenvalue weighted by molar-refractivity contribution is 7.91. The first-order valence-electron chi connectivity index (χ1n) is 8.73. The van der Waals surface area contributed by atoms with E-state index in [0.29, 0.717) is 18.1 Å². The zero-order valence-electron chi connectivity index (χ0n) is 15.1. The van der Waals surface area contributed by atoms with E-state index in [4.69, 9.17) is 12.2 Å². The van der Waals surface area contributed by atoms with Gasteiger partial charge in [-0.2, -0.15) is 0 Å². The van der Waals surface area contributed by atoms with Crippen LogP contribution in [0, 0.1) is 13.8 Å². The van der Waals surface area contributed by atoms with E-state index < -0.39 is 9.84 Å². The second-order valence-electron chi connectivity index (χ2n) is 6.90. The number of thiocarbonyl (C=S) groups is 1. The quantitative estimate of drug-likeness (QED) is 0.810. The maximum Gasteiger partial charge on any atom is 0.174 e. The molecule has 4 nitrogen and oxygen atoms in total. The Bertz CT molecular complexity index is 895. The fourth-order valence-corrected chi connectivity index (χ4v) is 5.24. The van der Waals surface area contributed by atoms with Crippen molar-refractivity contribution in [3.63, 3.8) is 0 Å². The van der Waals surface area contributed by atoms with Crippen molar-refractivity contribution in [2.75, 3.05) is 16.8 Å². The van der Waals surface area contributed by atoms with Gasteiger partial charge in [0.2, 0.25) is 0 Å². The average molecular weight is 389 g/mol. The van der Waals surface area contributed by atoms with Crippen LogP contribution in [-0.2, 0) is 16.4 Å². The largest absolute Gasteiger partial charge is 0.341 e. The zero-order chi connectivity index (χ0) is 18.7. The van der Waals surface area contributed by atoms with Crippen molar-refractivity contribution in [2.45, 2.75) is 32.9 Å². The van der Waals surface area contributed by atoms with E-state index in [2.05, 4.69) is 31.3 Å². The Balaban J connectivity index is 1.81. The number of sulfone groups is 1. The molecule has 1 heterocycles. The maximum absolute atomic E-state index is 12.0. The fourth-order valence-electron chi connectivity index (χ4n) is 3.18. The van der Waals surface area contributed by atoms with Crippen molar-refractivity contribution in [1.29, 1.82) is 0 Å². The highest BCUT2D eigenvalue weighted by Gasteiger charge is 2.33. The van der Waals surface area contributed by atoms with Gasteiger partial charge in [-0.05, 0) is 61.3 Å². The van der Waals surface area contributed by atoms with E-state index in [-0.39, 0.29) is 17.5 Å². The summed E-state index contributed by atoms with van der Waals surface area (Å²) in [4.78, 5) is 2.02. The third-order valence-electron chi connectivity index (χ3n) is 4.86. The Morgan fingerprint density at radius 2 is 1.88 bits per heavy atom. The molecule has 1 aliphatic heterocycles. The van der Waals surface area contributed by atoms with Gasteiger partial charge in [-0.15, -0.1) is 0 Å². The summed E-state index contributed by atoms with van der Waals surface area (Å²) in [5.41, 5.74) is 4.46. The van der Waals surface area contributed by atoms with Gasteiger partial charge in [0, 0.05) is 18.3 Å². The van der Waals surface area contributed by atoms with E-state index >= 15 is 0 Å². The van der Waals surface area contributed by atoms with Gasteiger partial charge in [-0.3, -0.25) is 0 Å². The van der Waals surface area contributed by atoms with Gasteiger partial charge in [0.25, 0.3) is 0 Å². The number of aryl methyl sites for hydroxylation is 2. The van der Waals surface area contributed by atoms with Gasteiger partial charge in [-0.25, -0.2) is 8.42 Å². The predicted molar refractivity (Wildman–Crippen MR) is 111 cm³/mol. The number of nitrogens with zero attached hydrogens (tertiary/aromatic N) is 1. The second-order valence-corrected chi connectivity index (χ2v) is 9.51. The average Bonchev–Trinajstić information content (AvgIpc) is 2.96. The summed E-state index contributed by atoms with van der Waals surface area (Å²) >= 11 is 5.66. The zero-order valence-corrected chi connectivity index (χ0v) is 16.7. The number of hydrogen-bond acceptors (Lipinski definition) is 3. The maximum atomic E-state index is 12.0. The van der Waals surface area contributed by atoms with Gasteiger partial charge in [-0.1, -0.05) is 36.4 Å². The predicted octanol–water partition coefficient (Wildman–Crippen LogP) is 3.69. The summed E-state index contributed by atoms with van der Waals surface area (Å²) in [6.45, 7) is 4.73. The molecule has 1 saturated heterocycles. The van der Waals surface area contributed by atoms with E-state index in [0.717, 1.165) is 11.3 Å². The van der Waals surface area contributed by atoms with Gasteiger partial charge in [0.15, 0.2) is 14.9 Å². The first-order valence-corrected chi connectivity index (χ1v) is 11.0. The first-order chi connectivity index (χ1) is 12.3. The summed E-state index contributed by atoms with van der Waals surface area (Å²) < 4.78 is 23.9. The lowest BCUT2D eigenvalue weighted by Gasteiger charge is -2.31. The Kier molecular flexibility index (Phi) is 5.63. The summed E-state index contributed by atoms with van der Waals surface area (Å²) in [5.74, 6) is 0.393. The topological polar surface area (TPSA) is 49.4 Å². The molecule has 2 aromatic carbocycles. The van der Waals surface area contributed by atoms with Crippen LogP contribution < -0.4 is 5.32 Å². The van der Waals surface area contributed by atoms with Crippen LogP contribution in [0.1, 0.15) is 23.1 Å². The summed E-state index contributed by atoms with van der Waals surface area (Å²) in [7, 11) is -2.98. The van der Waals surface area contributed by atoms with Crippen LogP contribution in [0.3, 0.4) is 0 Å². The molecule has 6 heteroatoms. The molecule has 1 aliphatic rings. The fraction of sp³-hybridized carbons (Fsp3) is 0.350. The summed E-state index contributed by atoms with van der Waals surface area (Å²) in [6, 6.07) is 16.0. The van der Waals surface area contributed by atoms with Crippen molar-refractivity contribution in [3.8, 4) is 0 Å². The van der Waals surface area contributed by atoms with Crippen LogP contribution in [0.15, 0.2) is 48.5 Å². The van der Waals surface area contributed by atoms with Crippen LogP contribution >= 0.6 is 12.2 Å². The van der Waals surface area contributed by atoms with Crippen LogP contribution in [0.25, 0.3) is 0 Å². The number of anilines is 1. The van der Waals surface area contributed by atoms with Gasteiger partial charge in [0.05, 0.1) is 11.5 Å². The second kappa shape index (κ2) is 7.76. The van der Waals surface area contributed by atoms with Crippen molar-refractivity contribution >= 4 is 32.9 Å². The molecular formula is C20H24N2O2S2. The molecule has 1 atom stereocenters. The highest BCUT2D eigenvalue weighted by Crippen LogP contribution is 2.22. The molecule has 0 spiro atoms. The van der Waals surface area contributed by atoms with Crippen molar-refractivity contribution < 1.29 is 8.42 Å². The SMILES string of the molecule is Cc1ccc(NC(=S)N(Cc2ccccc2)[C@@H]2CCS(=O)(=O)C2)cc1C. The molecule has 1 N–H and O–H groups in total. The van der Waals surface area contributed by atoms with Crippen LogP contribution in [0.5, 0.6) is 0 Å². The van der Waals surface area contributed by atoms with Gasteiger partial charge < -0.3 is 10.2 Å². The van der Waals surface area contributed by atoms with Crippen molar-refractivity contribution in [1.82, 2.24) is 4.90 Å². The number of nitrogens with one attached hydrogen (secondary N) is 1. The first kappa shape index (κ1) is 18.9. The van der Waals surface area contributed by atoms with E-state index in [1.54, 1.807) is 0 Å². The molecule has 0 radical (unpaired) electrons. The normalized spacial score (nSPS) is 18.5. The third kappa shape index (κ3) is 4.62. The lowest BCUT2D eigenvalue weighted by molar-refractivity contribution is 0.332. The molecule has 2 aromatic rings. The lowest BCUT2D eigenvalue weighted by Crippen LogP contribution is -2.43. The molecule has 0 amide bonds. The summed E-state index contributed by atoms with van der Waals surface area (Å²) in [5, 5.41) is 3.87. The molecule has 0 unspecified atom stereocenters. The van der Waals surface area contributed by atoms with Gasteiger partial charge >= 0.3 is 0 Å². The van der Waals surface area contributed by atoms with E-state index in [9.17, 15) is 8.42 Å². The van der Waals surface area contributed by atoms with Crippen molar-refractivity contribution in [2.24, 2.45) is 0 Å². The monoisotopic (exact) mass is 388 g/mol. The van der Waals surface area contributed by atoms with E-state index in [1.807, 2.05) is 41.3 Å². The van der Waals surface area contributed by atoms with E-state index in [1.165, 1.54) is 11.1 Å². The third-order valence-corrected chi connectivity index (χ3v) is 6.95. The molecule has 0 aliphatic carbocycles. The molecule has 138 valence electrons. The number of rotatable bonds is 4. The Morgan fingerprint density at radius 1 is 1.15 bits per heavy atom. The van der Waals surface area contributed by atoms with Crippen molar-refractivity contribution in [3.05, 3.63) is 65.2 Å². The minimum Gasteiger partial charge on any atom is -0.341 e. The van der Waals surface area contributed by atoms with Gasteiger partial charge in [0.1, 0.15) is 0 Å². The Hall–Kier alpha value is -1.92.